The molecule has 2 rings (SSSR count). The van der Waals surface area contributed by atoms with Gasteiger partial charge in [0.2, 0.25) is 0 Å². The highest BCUT2D eigenvalue weighted by molar-refractivity contribution is 14.1. The fraction of sp³-hybridized carbons (Fsp3) is 0.462. The lowest BCUT2D eigenvalue weighted by Gasteiger charge is -2.06. The van der Waals surface area contributed by atoms with Gasteiger partial charge in [-0.1, -0.05) is 22.6 Å². The summed E-state index contributed by atoms with van der Waals surface area (Å²) in [5.41, 5.74) is 1.88. The van der Waals surface area contributed by atoms with Crippen molar-refractivity contribution in [1.29, 1.82) is 0 Å². The first-order valence-corrected chi connectivity index (χ1v) is 7.43. The van der Waals surface area contributed by atoms with Crippen LogP contribution in [0.1, 0.15) is 28.8 Å². The highest BCUT2D eigenvalue weighted by Gasteiger charge is 2.14. The van der Waals surface area contributed by atoms with Gasteiger partial charge in [-0.3, -0.25) is 4.79 Å². The summed E-state index contributed by atoms with van der Waals surface area (Å²) in [6.07, 6.45) is 3.10. The number of nitrogens with one attached hydrogen (secondary N) is 1. The Balaban J connectivity index is 1.91. The number of carbonyl (C=O) groups excluding carboxylic acids is 1. The van der Waals surface area contributed by atoms with Crippen LogP contribution < -0.4 is 10.1 Å². The lowest BCUT2D eigenvalue weighted by molar-refractivity contribution is 0.0953. The zero-order valence-corrected chi connectivity index (χ0v) is 11.8. The molecule has 1 aromatic rings. The molecule has 0 radical (unpaired) electrons. The van der Waals surface area contributed by atoms with Gasteiger partial charge < -0.3 is 10.1 Å². The largest absolute Gasteiger partial charge is 0.493 e. The number of amides is 1. The Labute approximate surface area is 115 Å². The van der Waals surface area contributed by atoms with Crippen molar-refractivity contribution in [1.82, 2.24) is 5.32 Å². The molecule has 1 amide bonds. The Morgan fingerprint density at radius 1 is 1.41 bits per heavy atom. The van der Waals surface area contributed by atoms with E-state index in [0.29, 0.717) is 0 Å². The van der Waals surface area contributed by atoms with Crippen LogP contribution in [0.15, 0.2) is 18.2 Å². The zero-order chi connectivity index (χ0) is 12.1. The van der Waals surface area contributed by atoms with Crippen LogP contribution in [0.4, 0.5) is 0 Å². The Morgan fingerprint density at radius 3 is 3.12 bits per heavy atom. The lowest BCUT2D eigenvalue weighted by atomic mass is 10.1. The van der Waals surface area contributed by atoms with Crippen molar-refractivity contribution in [2.75, 3.05) is 17.6 Å². The first-order chi connectivity index (χ1) is 8.31. The molecule has 92 valence electrons. The minimum Gasteiger partial charge on any atom is -0.493 e. The average molecular weight is 345 g/mol. The predicted octanol–water partition coefficient (Wildman–Crippen LogP) is 2.57. The van der Waals surface area contributed by atoms with Crippen molar-refractivity contribution >= 4 is 28.5 Å². The first kappa shape index (κ1) is 12.7. The molecule has 1 heterocycles. The summed E-state index contributed by atoms with van der Waals surface area (Å²) >= 11 is 2.35. The Hall–Kier alpha value is -0.780. The van der Waals surface area contributed by atoms with Crippen molar-refractivity contribution in [2.45, 2.75) is 19.3 Å². The molecule has 0 bridgehead atoms. The first-order valence-electron chi connectivity index (χ1n) is 5.91. The molecule has 0 saturated heterocycles. The number of ether oxygens (including phenoxy) is 1. The summed E-state index contributed by atoms with van der Waals surface area (Å²) in [6.45, 7) is 1.49. The summed E-state index contributed by atoms with van der Waals surface area (Å²) in [4.78, 5) is 11.9. The van der Waals surface area contributed by atoms with E-state index < -0.39 is 0 Å². The molecule has 0 atom stereocenters. The molecular formula is C13H16INO2. The van der Waals surface area contributed by atoms with Crippen LogP contribution >= 0.6 is 22.6 Å². The quantitative estimate of drug-likeness (QED) is 0.506. The van der Waals surface area contributed by atoms with E-state index in [1.54, 1.807) is 0 Å². The summed E-state index contributed by atoms with van der Waals surface area (Å²) in [5, 5.41) is 2.94. The van der Waals surface area contributed by atoms with E-state index in [2.05, 4.69) is 27.9 Å². The predicted molar refractivity (Wildman–Crippen MR) is 76.1 cm³/mol. The van der Waals surface area contributed by atoms with Crippen molar-refractivity contribution < 1.29 is 9.53 Å². The number of halogens is 1. The maximum Gasteiger partial charge on any atom is 0.251 e. The maximum atomic E-state index is 11.9. The fourth-order valence-corrected chi connectivity index (χ4v) is 2.39. The number of fused-ring (bicyclic) bond motifs is 1. The van der Waals surface area contributed by atoms with E-state index >= 15 is 0 Å². The van der Waals surface area contributed by atoms with E-state index in [-0.39, 0.29) is 5.91 Å². The summed E-state index contributed by atoms with van der Waals surface area (Å²) in [5.74, 6) is 0.944. The fourth-order valence-electron chi connectivity index (χ4n) is 1.85. The Morgan fingerprint density at radius 2 is 2.29 bits per heavy atom. The van der Waals surface area contributed by atoms with Crippen molar-refractivity contribution in [3.63, 3.8) is 0 Å². The van der Waals surface area contributed by atoms with Gasteiger partial charge in [0.15, 0.2) is 0 Å². The van der Waals surface area contributed by atoms with Crippen LogP contribution in [0.3, 0.4) is 0 Å². The van der Waals surface area contributed by atoms with Gasteiger partial charge in [-0.05, 0) is 41.0 Å². The average Bonchev–Trinajstić information content (AvgIpc) is 2.81. The van der Waals surface area contributed by atoms with Gasteiger partial charge in [0, 0.05) is 18.5 Å². The van der Waals surface area contributed by atoms with Crippen LogP contribution in [-0.4, -0.2) is 23.5 Å². The number of hydrogen-bond donors (Lipinski definition) is 1. The number of hydrogen-bond acceptors (Lipinski definition) is 2. The number of rotatable bonds is 5. The van der Waals surface area contributed by atoms with Gasteiger partial charge in [-0.25, -0.2) is 0 Å². The third-order valence-corrected chi connectivity index (χ3v) is 3.56. The van der Waals surface area contributed by atoms with Crippen LogP contribution in [0.2, 0.25) is 0 Å². The second-order valence-electron chi connectivity index (χ2n) is 4.07. The molecule has 1 aliphatic heterocycles. The van der Waals surface area contributed by atoms with Crippen LogP contribution in [0, 0.1) is 0 Å². The molecule has 1 aliphatic rings. The molecule has 0 saturated carbocycles. The number of benzene rings is 1. The number of carbonyl (C=O) groups is 1. The van der Waals surface area contributed by atoms with Crippen LogP contribution in [-0.2, 0) is 6.42 Å². The minimum absolute atomic E-state index is 0.0214. The normalized spacial score (nSPS) is 13.0. The summed E-state index contributed by atoms with van der Waals surface area (Å²) < 4.78 is 6.56. The minimum atomic E-state index is 0.0214. The molecule has 0 aliphatic carbocycles. The topological polar surface area (TPSA) is 38.3 Å². The van der Waals surface area contributed by atoms with Gasteiger partial charge in [-0.2, -0.15) is 0 Å². The van der Waals surface area contributed by atoms with Crippen LogP contribution in [0.25, 0.3) is 0 Å². The second-order valence-corrected chi connectivity index (χ2v) is 5.15. The highest BCUT2D eigenvalue weighted by Crippen LogP contribution is 2.25. The van der Waals surface area contributed by atoms with Crippen LogP contribution in [0.5, 0.6) is 5.75 Å². The number of unbranched alkanes of at least 4 members (excludes halogenated alkanes) is 1. The molecule has 0 aromatic heterocycles. The van der Waals surface area contributed by atoms with Gasteiger partial charge in [-0.15, -0.1) is 0 Å². The Bertz CT molecular complexity index is 406. The number of alkyl halides is 1. The molecule has 1 N–H and O–H groups in total. The highest BCUT2D eigenvalue weighted by atomic mass is 127. The molecule has 0 unspecified atom stereocenters. The van der Waals surface area contributed by atoms with E-state index in [9.17, 15) is 4.79 Å². The summed E-state index contributed by atoms with van der Waals surface area (Å²) in [7, 11) is 0. The molecule has 0 spiro atoms. The SMILES string of the molecule is O=C(NCCCCI)c1ccc2c(c1)CCO2. The van der Waals surface area contributed by atoms with Crippen molar-refractivity contribution in [3.05, 3.63) is 29.3 Å². The second kappa shape index (κ2) is 6.23. The maximum absolute atomic E-state index is 11.9. The molecule has 0 fully saturated rings. The monoisotopic (exact) mass is 345 g/mol. The van der Waals surface area contributed by atoms with E-state index in [0.717, 1.165) is 53.7 Å². The molecule has 17 heavy (non-hydrogen) atoms. The van der Waals surface area contributed by atoms with E-state index in [1.165, 1.54) is 0 Å². The smallest absolute Gasteiger partial charge is 0.251 e. The molecule has 4 heteroatoms. The van der Waals surface area contributed by atoms with Gasteiger partial charge >= 0.3 is 0 Å². The third kappa shape index (κ3) is 3.34. The molecule has 3 nitrogen and oxygen atoms in total. The summed E-state index contributed by atoms with van der Waals surface area (Å²) in [6, 6.07) is 5.66. The Kier molecular flexibility index (Phi) is 4.65. The molecule has 1 aromatic carbocycles. The van der Waals surface area contributed by atoms with E-state index in [4.69, 9.17) is 4.74 Å². The van der Waals surface area contributed by atoms with E-state index in [1.807, 2.05) is 18.2 Å². The lowest BCUT2D eigenvalue weighted by Crippen LogP contribution is -2.24. The standard InChI is InChI=1S/C13H16INO2/c14-6-1-2-7-15-13(16)11-3-4-12-10(9-11)5-8-17-12/h3-4,9H,1-2,5-8H2,(H,15,16). The molecular weight excluding hydrogens is 329 g/mol. The van der Waals surface area contributed by atoms with Gasteiger partial charge in [0.1, 0.15) is 5.75 Å². The van der Waals surface area contributed by atoms with Crippen molar-refractivity contribution in [2.24, 2.45) is 0 Å². The van der Waals surface area contributed by atoms with Gasteiger partial charge in [0.05, 0.1) is 6.61 Å². The van der Waals surface area contributed by atoms with Crippen molar-refractivity contribution in [3.8, 4) is 5.75 Å². The third-order valence-electron chi connectivity index (χ3n) is 2.80. The van der Waals surface area contributed by atoms with Gasteiger partial charge in [0.25, 0.3) is 5.91 Å². The zero-order valence-electron chi connectivity index (χ0n) is 9.67.